The third-order valence-corrected chi connectivity index (χ3v) is 10.8. The first-order valence-electron chi connectivity index (χ1n) is 19.9. The molecule has 15 nitrogen and oxygen atoms in total. The summed E-state index contributed by atoms with van der Waals surface area (Å²) in [5.74, 6) is -2.99. The number of rotatable bonds is 14. The molecule has 0 radical (unpaired) electrons. The quantitative estimate of drug-likeness (QED) is 0.117. The minimum Gasteiger partial charge on any atom is -0.463 e. The van der Waals surface area contributed by atoms with Gasteiger partial charge in [-0.15, -0.1) is 0 Å². The van der Waals surface area contributed by atoms with Crippen molar-refractivity contribution in [1.29, 1.82) is 0 Å². The second-order valence-electron chi connectivity index (χ2n) is 15.2. The Morgan fingerprint density at radius 1 is 0.750 bits per heavy atom. The lowest BCUT2D eigenvalue weighted by Gasteiger charge is -2.44. The van der Waals surface area contributed by atoms with Crippen LogP contribution in [0.15, 0.2) is 78.9 Å². The van der Waals surface area contributed by atoms with Crippen LogP contribution < -0.4 is 5.32 Å². The monoisotopic (exact) mass is 848 g/mol. The van der Waals surface area contributed by atoms with E-state index in [2.05, 4.69) is 22.3 Å². The Morgan fingerprint density at radius 3 is 2.02 bits per heavy atom. The average Bonchev–Trinajstić information content (AvgIpc) is 3.62. The molecule has 0 aromatic heterocycles. The Hall–Kier alpha value is -4.81. The molecule has 0 spiro atoms. The fourth-order valence-corrected chi connectivity index (χ4v) is 8.32. The largest absolute Gasteiger partial charge is 0.463 e. The van der Waals surface area contributed by atoms with Crippen LogP contribution in [0.1, 0.15) is 81.1 Å². The Morgan fingerprint density at radius 2 is 1.40 bits per heavy atom. The molecule has 0 bridgehead atoms. The number of ether oxygens (including phenoxy) is 7. The van der Waals surface area contributed by atoms with Gasteiger partial charge in [0.15, 0.2) is 24.6 Å². The van der Waals surface area contributed by atoms with Crippen molar-refractivity contribution in [1.82, 2.24) is 4.90 Å². The maximum Gasteiger partial charge on any atom is 0.303 e. The van der Waals surface area contributed by atoms with Crippen molar-refractivity contribution in [2.24, 2.45) is 0 Å². The molecule has 0 amide bonds. The Bertz CT molecular complexity index is 1970. The fourth-order valence-electron chi connectivity index (χ4n) is 8.04. The van der Waals surface area contributed by atoms with Crippen molar-refractivity contribution in [3.8, 4) is 0 Å². The number of aliphatic hydroxyl groups is 2. The molecule has 60 heavy (non-hydrogen) atoms. The molecule has 10 unspecified atom stereocenters. The first-order valence-corrected chi connectivity index (χ1v) is 20.3. The molecular weight excluding hydrogens is 797 g/mol. The molecule has 3 aliphatic rings. The van der Waals surface area contributed by atoms with E-state index in [0.717, 1.165) is 37.1 Å². The number of anilines is 1. The van der Waals surface area contributed by atoms with Gasteiger partial charge in [-0.05, 0) is 35.2 Å². The highest BCUT2D eigenvalue weighted by atomic mass is 32.1. The maximum atomic E-state index is 12.4. The van der Waals surface area contributed by atoms with Crippen LogP contribution >= 0.6 is 12.2 Å². The second kappa shape index (κ2) is 20.6. The molecule has 6 rings (SSSR count). The smallest absolute Gasteiger partial charge is 0.303 e. The Labute approximate surface area is 354 Å². The summed E-state index contributed by atoms with van der Waals surface area (Å²) in [4.78, 5) is 51.1. The Balaban J connectivity index is 1.26. The number of β-amino-alcohol motifs (C(OH)–C–C–N with tert-alkyl or cyclic N) is 1. The third-order valence-electron chi connectivity index (χ3n) is 10.6. The molecular formula is C44H52N2O13S. The molecule has 3 saturated heterocycles. The highest BCUT2D eigenvalue weighted by Gasteiger charge is 2.52. The van der Waals surface area contributed by atoms with E-state index in [9.17, 15) is 29.4 Å². The highest BCUT2D eigenvalue weighted by Crippen LogP contribution is 2.47. The standard InChI is InChI=1S/C44H52N2O13S/c1-25(48)53-24-37-42(55-27(3)50)43(56-28(4)51)41(54-26(2)49)35(57-37)20-38(60)45-33-12-8-11-32(19-33)44-58-36(22-46-18-17-34(52)21-46)39(30-9-6-5-7-10-30)40(59-44)31-15-13-29(23-47)14-16-31/h5-16,19,34-37,39-44,47,52H,17-18,20-24H2,1-4H3,(H,45,60). The van der Waals surface area contributed by atoms with E-state index >= 15 is 0 Å². The van der Waals surface area contributed by atoms with Crippen LogP contribution in [0.2, 0.25) is 0 Å². The number of nitrogens with zero attached hydrogens (tertiary/aromatic N) is 1. The Kier molecular flexibility index (Phi) is 15.4. The van der Waals surface area contributed by atoms with E-state index in [1.807, 2.05) is 66.7 Å². The topological polar surface area (TPSA) is 189 Å². The van der Waals surface area contributed by atoms with Crippen LogP contribution in [-0.2, 0) is 58.9 Å². The van der Waals surface area contributed by atoms with Gasteiger partial charge in [0.2, 0.25) is 0 Å². The number of thiocarbonyl (C=S) groups is 1. The van der Waals surface area contributed by atoms with Crippen molar-refractivity contribution >= 4 is 46.8 Å². The zero-order valence-electron chi connectivity index (χ0n) is 34.0. The maximum absolute atomic E-state index is 12.4. The molecule has 3 N–H and O–H groups in total. The van der Waals surface area contributed by atoms with E-state index in [4.69, 9.17) is 45.4 Å². The molecule has 3 aliphatic heterocycles. The first kappa shape index (κ1) is 44.7. The van der Waals surface area contributed by atoms with Gasteiger partial charge in [0.25, 0.3) is 0 Å². The number of hydrogen-bond acceptors (Lipinski definition) is 15. The molecule has 3 fully saturated rings. The third kappa shape index (κ3) is 11.7. The summed E-state index contributed by atoms with van der Waals surface area (Å²) >= 11 is 5.82. The van der Waals surface area contributed by atoms with Gasteiger partial charge in [-0.25, -0.2) is 0 Å². The van der Waals surface area contributed by atoms with Gasteiger partial charge in [-0.1, -0.05) is 78.9 Å². The van der Waals surface area contributed by atoms with E-state index in [1.165, 1.54) is 13.8 Å². The molecule has 3 heterocycles. The van der Waals surface area contributed by atoms with E-state index in [0.29, 0.717) is 30.8 Å². The van der Waals surface area contributed by atoms with Gasteiger partial charge in [0.1, 0.15) is 18.8 Å². The number of esters is 4. The zero-order chi connectivity index (χ0) is 42.9. The zero-order valence-corrected chi connectivity index (χ0v) is 34.8. The summed E-state index contributed by atoms with van der Waals surface area (Å²) in [6, 6.07) is 25.2. The SMILES string of the molecule is CC(=O)OCC1OC(CC(=S)Nc2cccc(C3OC(CN4CCC(O)C4)C(c4ccccc4)C(c4ccc(CO)cc4)O3)c2)C(OC(C)=O)C(OC(C)=O)C1OC(C)=O. The van der Waals surface area contributed by atoms with Crippen LogP contribution in [0.4, 0.5) is 5.69 Å². The van der Waals surface area contributed by atoms with Gasteiger partial charge >= 0.3 is 23.9 Å². The molecule has 3 aromatic carbocycles. The van der Waals surface area contributed by atoms with Crippen molar-refractivity contribution in [2.45, 2.75) is 108 Å². The van der Waals surface area contributed by atoms with Crippen molar-refractivity contribution < 1.29 is 62.5 Å². The number of likely N-dealkylation sites (tertiary alicyclic amines) is 1. The first-order chi connectivity index (χ1) is 28.8. The lowest BCUT2D eigenvalue weighted by atomic mass is 9.83. The molecule has 0 saturated carbocycles. The summed E-state index contributed by atoms with van der Waals surface area (Å²) in [5.41, 5.74) is 4.02. The van der Waals surface area contributed by atoms with Crippen LogP contribution in [-0.4, -0.2) is 113 Å². The summed E-state index contributed by atoms with van der Waals surface area (Å²) < 4.78 is 41.9. The molecule has 16 heteroatoms. The number of benzene rings is 3. The van der Waals surface area contributed by atoms with Gasteiger partial charge < -0.3 is 48.7 Å². The number of aliphatic hydroxyl groups excluding tert-OH is 2. The van der Waals surface area contributed by atoms with Gasteiger partial charge in [-0.2, -0.15) is 0 Å². The normalized spacial score (nSPS) is 28.0. The number of carbonyl (C=O) groups excluding carboxylic acids is 4. The average molecular weight is 849 g/mol. The lowest BCUT2D eigenvalue weighted by molar-refractivity contribution is -0.263. The lowest BCUT2D eigenvalue weighted by Crippen LogP contribution is -2.62. The predicted molar refractivity (Wildman–Crippen MR) is 219 cm³/mol. The fraction of sp³-hybridized carbons (Fsp3) is 0.477. The summed E-state index contributed by atoms with van der Waals surface area (Å²) in [7, 11) is 0. The van der Waals surface area contributed by atoms with E-state index in [1.54, 1.807) is 0 Å². The minimum atomic E-state index is -1.31. The minimum absolute atomic E-state index is 0.0521. The van der Waals surface area contributed by atoms with Crippen LogP contribution in [0.5, 0.6) is 0 Å². The van der Waals surface area contributed by atoms with Crippen LogP contribution in [0.25, 0.3) is 0 Å². The van der Waals surface area contributed by atoms with Crippen molar-refractivity contribution in [3.05, 3.63) is 101 Å². The summed E-state index contributed by atoms with van der Waals surface area (Å²) in [6.07, 6.45) is -7.38. The second-order valence-corrected chi connectivity index (χ2v) is 15.7. The summed E-state index contributed by atoms with van der Waals surface area (Å²) in [5, 5.41) is 23.4. The van der Waals surface area contributed by atoms with Crippen LogP contribution in [0, 0.1) is 0 Å². The van der Waals surface area contributed by atoms with E-state index in [-0.39, 0.29) is 36.6 Å². The van der Waals surface area contributed by atoms with Crippen LogP contribution in [0.3, 0.4) is 0 Å². The number of nitrogens with one attached hydrogen (secondary N) is 1. The van der Waals surface area contributed by atoms with Crippen molar-refractivity contribution in [2.75, 3.05) is 31.6 Å². The van der Waals surface area contributed by atoms with Gasteiger partial charge in [-0.3, -0.25) is 24.1 Å². The van der Waals surface area contributed by atoms with E-state index < -0.39 is 72.9 Å². The molecule has 322 valence electrons. The number of carbonyl (C=O) groups is 4. The molecule has 10 atom stereocenters. The molecule has 3 aromatic rings. The summed E-state index contributed by atoms with van der Waals surface area (Å²) in [6.45, 7) is 6.10. The predicted octanol–water partition coefficient (Wildman–Crippen LogP) is 4.44. The van der Waals surface area contributed by atoms with Crippen molar-refractivity contribution in [3.63, 3.8) is 0 Å². The van der Waals surface area contributed by atoms with Gasteiger partial charge in [0, 0.05) is 70.9 Å². The molecule has 0 aliphatic carbocycles. The number of hydrogen-bond donors (Lipinski definition) is 3. The highest BCUT2D eigenvalue weighted by molar-refractivity contribution is 7.80. The van der Waals surface area contributed by atoms with Gasteiger partial charge in [0.05, 0.1) is 29.9 Å².